The van der Waals surface area contributed by atoms with Crippen molar-refractivity contribution in [2.24, 2.45) is 5.92 Å². The molecule has 0 saturated carbocycles. The normalized spacial score (nSPS) is 54.0. The molecule has 0 amide bonds. The first-order valence-electron chi connectivity index (χ1n) is 10.5. The third-order valence-corrected chi connectivity index (χ3v) is 5.37. The van der Waals surface area contributed by atoms with Crippen LogP contribution in [-0.2, 0) is 11.8 Å². The molecule has 1 aromatic carbocycles. The summed E-state index contributed by atoms with van der Waals surface area (Å²) >= 11 is 0. The van der Waals surface area contributed by atoms with Gasteiger partial charge in [0, 0.05) is 27.0 Å². The minimum absolute atomic E-state index is 0.0303. The lowest BCUT2D eigenvalue weighted by molar-refractivity contribution is -0.0453. The quantitative estimate of drug-likeness (QED) is 0.799. The van der Waals surface area contributed by atoms with Crippen molar-refractivity contribution in [1.82, 2.24) is 4.90 Å². The molecule has 1 spiro atoms. The van der Waals surface area contributed by atoms with E-state index in [0.717, 1.165) is 0 Å². The average Bonchev–Trinajstić information content (AvgIpc) is 2.89. The predicted octanol–water partition coefficient (Wildman–Crippen LogP) is 1.50. The van der Waals surface area contributed by atoms with Crippen LogP contribution in [0.3, 0.4) is 0 Å². The van der Waals surface area contributed by atoms with Gasteiger partial charge in [-0.05, 0) is 38.0 Å². The molecule has 2 unspecified atom stereocenters. The van der Waals surface area contributed by atoms with Gasteiger partial charge in [-0.15, -0.1) is 0 Å². The Morgan fingerprint density at radius 3 is 3.23 bits per heavy atom. The Balaban J connectivity index is 2.02. The standard InChI is InChI=1S/C18H21NO3/c1-19-8-7-18-11-4-5-13(20)17(18)22-16-14(21-2)6-3-10(15(16)18)9-12(11)19/h3-6,11-13,17,20H,7-9H2,1-2H3/t11-,12+,13?,17?,18-/m0/s1/i3D,6D,9D2,12D,17D. The highest BCUT2D eigenvalue weighted by atomic mass is 16.5. The number of hydrogen-bond donors (Lipinski definition) is 1. The second-order valence-electron chi connectivity index (χ2n) is 6.29. The van der Waals surface area contributed by atoms with E-state index >= 15 is 0 Å². The zero-order valence-corrected chi connectivity index (χ0v) is 12.4. The fraction of sp³-hybridized carbons (Fsp3) is 0.556. The minimum atomic E-state index is -2.30. The summed E-state index contributed by atoms with van der Waals surface area (Å²) in [4.78, 5) is 1.61. The van der Waals surface area contributed by atoms with E-state index in [0.29, 0.717) is 18.5 Å². The molecule has 4 heteroatoms. The molecule has 5 rings (SSSR count). The van der Waals surface area contributed by atoms with Crippen molar-refractivity contribution in [2.75, 3.05) is 20.7 Å². The summed E-state index contributed by atoms with van der Waals surface area (Å²) in [6.07, 6.45) is -2.10. The summed E-state index contributed by atoms with van der Waals surface area (Å²) in [6.45, 7) is 0.335. The lowest BCUT2D eigenvalue weighted by Crippen LogP contribution is -2.64. The summed E-state index contributed by atoms with van der Waals surface area (Å²) < 4.78 is 64.3. The fourth-order valence-electron chi connectivity index (χ4n) is 4.38. The van der Waals surface area contributed by atoms with Crippen LogP contribution >= 0.6 is 0 Å². The van der Waals surface area contributed by atoms with Crippen LogP contribution in [0.5, 0.6) is 11.5 Å². The summed E-state index contributed by atoms with van der Waals surface area (Å²) in [7, 11) is 3.00. The van der Waals surface area contributed by atoms with Crippen molar-refractivity contribution in [3.8, 4) is 11.5 Å². The lowest BCUT2D eigenvalue weighted by atomic mass is 9.53. The van der Waals surface area contributed by atoms with Crippen LogP contribution < -0.4 is 9.47 Å². The summed E-state index contributed by atoms with van der Waals surface area (Å²) in [5.74, 6) is -0.752. The van der Waals surface area contributed by atoms with Gasteiger partial charge in [0.25, 0.3) is 0 Å². The van der Waals surface area contributed by atoms with Crippen LogP contribution in [0.1, 0.15) is 25.8 Å². The Morgan fingerprint density at radius 2 is 2.41 bits per heavy atom. The number of hydrogen-bond acceptors (Lipinski definition) is 4. The van der Waals surface area contributed by atoms with Crippen molar-refractivity contribution in [1.29, 1.82) is 0 Å². The number of piperidine rings is 1. The van der Waals surface area contributed by atoms with E-state index in [1.165, 1.54) is 13.2 Å². The monoisotopic (exact) mass is 305 g/mol. The zero-order chi connectivity index (χ0) is 20.4. The van der Waals surface area contributed by atoms with E-state index in [-0.39, 0.29) is 29.1 Å². The first kappa shape index (κ1) is 8.37. The van der Waals surface area contributed by atoms with Crippen LogP contribution in [0.4, 0.5) is 0 Å². The average molecular weight is 305 g/mol. The third-order valence-electron chi connectivity index (χ3n) is 5.37. The van der Waals surface area contributed by atoms with Gasteiger partial charge in [-0.25, -0.2) is 0 Å². The number of ether oxygens (including phenoxy) is 2. The SMILES string of the molecule is [2H]c1c([2H])c2c3c(c1OC)OC1([2H])C(O)C=C[C@@H]4[C@@]31CCN(C)[C@]4([2H])C2([2H])[2H]. The van der Waals surface area contributed by atoms with E-state index < -0.39 is 35.9 Å². The van der Waals surface area contributed by atoms with Crippen LogP contribution in [0, 0.1) is 5.92 Å². The van der Waals surface area contributed by atoms with Crippen molar-refractivity contribution < 1.29 is 22.8 Å². The molecule has 1 saturated heterocycles. The Hall–Kier alpha value is -1.52. The maximum Gasteiger partial charge on any atom is 0.165 e. The number of nitrogens with zero attached hydrogens (tertiary/aromatic N) is 1. The van der Waals surface area contributed by atoms with E-state index in [9.17, 15) is 6.48 Å². The number of rotatable bonds is 1. The Kier molecular flexibility index (Phi) is 1.54. The van der Waals surface area contributed by atoms with Crippen LogP contribution in [0.15, 0.2) is 24.2 Å². The van der Waals surface area contributed by atoms with Crippen molar-refractivity contribution >= 4 is 0 Å². The number of likely N-dealkylation sites (N-methyl/N-ethyl adjacent to an activating group) is 1. The molecule has 2 aliphatic carbocycles. The molecule has 4 aliphatic rings. The number of aliphatic hydroxyl groups excluding tert-OH is 1. The Bertz CT molecular complexity index is 954. The largest absolute Gasteiger partial charge is 0.493 e. The summed E-state index contributed by atoms with van der Waals surface area (Å²) in [6, 6.07) is -2.52. The molecule has 1 aromatic rings. The van der Waals surface area contributed by atoms with Gasteiger partial charge in [0.1, 0.15) is 12.2 Å². The van der Waals surface area contributed by atoms with E-state index in [2.05, 4.69) is 0 Å². The summed E-state index contributed by atoms with van der Waals surface area (Å²) in [5, 5.41) is 10.7. The Labute approximate surface area is 138 Å². The van der Waals surface area contributed by atoms with Crippen molar-refractivity contribution in [3.63, 3.8) is 0 Å². The minimum Gasteiger partial charge on any atom is -0.493 e. The highest BCUT2D eigenvalue weighted by Gasteiger charge is 2.64. The fourth-order valence-corrected chi connectivity index (χ4v) is 4.38. The third kappa shape index (κ3) is 1.28. The maximum absolute atomic E-state index is 10.7. The topological polar surface area (TPSA) is 41.9 Å². The van der Waals surface area contributed by atoms with Crippen LogP contribution in [0.25, 0.3) is 0 Å². The molecule has 0 radical (unpaired) electrons. The van der Waals surface area contributed by atoms with Gasteiger partial charge in [0.2, 0.25) is 0 Å². The summed E-state index contributed by atoms with van der Waals surface area (Å²) in [5.41, 5.74) is -0.986. The second-order valence-corrected chi connectivity index (χ2v) is 6.29. The highest BCUT2D eigenvalue weighted by Crippen LogP contribution is 2.62. The van der Waals surface area contributed by atoms with Gasteiger partial charge in [-0.3, -0.25) is 0 Å². The van der Waals surface area contributed by atoms with Gasteiger partial charge in [-0.2, -0.15) is 0 Å². The Morgan fingerprint density at radius 1 is 1.55 bits per heavy atom. The smallest absolute Gasteiger partial charge is 0.165 e. The van der Waals surface area contributed by atoms with E-state index in [4.69, 9.17) is 16.3 Å². The van der Waals surface area contributed by atoms with E-state index in [1.54, 1.807) is 18.0 Å². The predicted molar refractivity (Wildman–Crippen MR) is 82.5 cm³/mol. The van der Waals surface area contributed by atoms with Crippen molar-refractivity contribution in [2.45, 2.75) is 36.4 Å². The van der Waals surface area contributed by atoms with Gasteiger partial charge in [0.05, 0.1) is 11.2 Å². The molecular weight excluding hydrogens is 278 g/mol. The number of benzene rings is 1. The molecule has 116 valence electrons. The van der Waals surface area contributed by atoms with Gasteiger partial charge >= 0.3 is 0 Å². The molecule has 4 nitrogen and oxygen atoms in total. The highest BCUT2D eigenvalue weighted by molar-refractivity contribution is 5.62. The lowest BCUT2D eigenvalue weighted by Gasteiger charge is -2.56. The van der Waals surface area contributed by atoms with Crippen LogP contribution in [0.2, 0.25) is 0 Å². The molecular formula is C18H21NO3. The number of methoxy groups -OCH3 is 1. The molecule has 22 heavy (non-hydrogen) atoms. The molecule has 1 N–H and O–H groups in total. The van der Waals surface area contributed by atoms with Crippen LogP contribution in [-0.4, -0.2) is 48.9 Å². The molecule has 2 heterocycles. The molecule has 1 fully saturated rings. The maximum atomic E-state index is 10.7. The van der Waals surface area contributed by atoms with E-state index in [1.807, 2.05) is 0 Å². The van der Waals surface area contributed by atoms with Gasteiger partial charge in [-0.1, -0.05) is 18.2 Å². The molecule has 5 atom stereocenters. The first-order chi connectivity index (χ1) is 13.0. The van der Waals surface area contributed by atoms with Gasteiger partial charge < -0.3 is 19.5 Å². The second kappa shape index (κ2) is 4.06. The molecule has 2 aliphatic heterocycles. The molecule has 2 bridgehead atoms. The van der Waals surface area contributed by atoms with Crippen molar-refractivity contribution in [3.05, 3.63) is 35.4 Å². The molecule has 0 aromatic heterocycles. The first-order valence-corrected chi connectivity index (χ1v) is 7.49. The zero-order valence-electron chi connectivity index (χ0n) is 18.4. The van der Waals surface area contributed by atoms with Gasteiger partial charge in [0.15, 0.2) is 11.5 Å². The number of aliphatic hydroxyl groups is 1. The number of likely N-dealkylation sites (tertiary alicyclic amines) is 1.